The highest BCUT2D eigenvalue weighted by Crippen LogP contribution is 2.03. The summed E-state index contributed by atoms with van der Waals surface area (Å²) in [6, 6.07) is 10.1. The van der Waals surface area contributed by atoms with Crippen LogP contribution < -0.4 is 0 Å². The highest BCUT2D eigenvalue weighted by Gasteiger charge is 1.99. The molecule has 1 aromatic heterocycles. The van der Waals surface area contributed by atoms with Crippen molar-refractivity contribution >= 4 is 6.21 Å². The van der Waals surface area contributed by atoms with Crippen molar-refractivity contribution in [3.8, 4) is 0 Å². The zero-order valence-corrected chi connectivity index (χ0v) is 10.1. The minimum Gasteiger partial charge on any atom is -0.240 e. The van der Waals surface area contributed by atoms with Crippen molar-refractivity contribution in [3.05, 3.63) is 54.1 Å². The molecule has 1 aromatic carbocycles. The first-order valence-corrected chi connectivity index (χ1v) is 6.02. The number of unbranched alkanes of at least 4 members (excludes halogenated alkanes) is 1. The van der Waals surface area contributed by atoms with Gasteiger partial charge in [-0.15, -0.1) is 0 Å². The van der Waals surface area contributed by atoms with Crippen LogP contribution in [0.15, 0.2) is 47.8 Å². The van der Waals surface area contributed by atoms with Gasteiger partial charge in [0.05, 0.1) is 6.21 Å². The number of hydrogen-bond donors (Lipinski definition) is 0. The number of rotatable bonds is 5. The van der Waals surface area contributed by atoms with Crippen LogP contribution in [0.3, 0.4) is 0 Å². The second-order valence-electron chi connectivity index (χ2n) is 3.95. The number of benzene rings is 1. The van der Waals surface area contributed by atoms with Crippen molar-refractivity contribution in [2.24, 2.45) is 5.10 Å². The molecule has 0 atom stereocenters. The largest absolute Gasteiger partial charge is 0.240 e. The summed E-state index contributed by atoms with van der Waals surface area (Å²) in [5.74, 6) is 1.03. The number of aryl methyl sites for hydroxylation is 1. The van der Waals surface area contributed by atoms with E-state index < -0.39 is 0 Å². The van der Waals surface area contributed by atoms with E-state index in [1.165, 1.54) is 6.42 Å². The molecule has 17 heavy (non-hydrogen) atoms. The van der Waals surface area contributed by atoms with Gasteiger partial charge in [-0.25, -0.2) is 9.66 Å². The second kappa shape index (κ2) is 5.99. The second-order valence-corrected chi connectivity index (χ2v) is 3.95. The van der Waals surface area contributed by atoms with E-state index in [1.54, 1.807) is 6.20 Å². The minimum absolute atomic E-state index is 0.982. The summed E-state index contributed by atoms with van der Waals surface area (Å²) in [6.45, 7) is 2.18. The lowest BCUT2D eigenvalue weighted by molar-refractivity contribution is 0.704. The molecule has 0 unspecified atom stereocenters. The number of hydrogen-bond acceptors (Lipinski definition) is 2. The fourth-order valence-electron chi connectivity index (χ4n) is 1.61. The predicted octanol–water partition coefficient (Wildman–Crippen LogP) is 3.11. The standard InChI is InChI=1S/C14H17N3/c1-2-3-9-14-15-10-11-17(14)16-12-13-7-5-4-6-8-13/h4-8,10-12H,2-3,9H2,1H3/b16-12+. The van der Waals surface area contributed by atoms with E-state index in [-0.39, 0.29) is 0 Å². The Morgan fingerprint density at radius 3 is 2.88 bits per heavy atom. The minimum atomic E-state index is 0.982. The summed E-state index contributed by atoms with van der Waals surface area (Å²) in [5.41, 5.74) is 1.10. The fraction of sp³-hybridized carbons (Fsp3) is 0.286. The summed E-state index contributed by atoms with van der Waals surface area (Å²) >= 11 is 0. The van der Waals surface area contributed by atoms with Crippen molar-refractivity contribution in [1.29, 1.82) is 0 Å². The van der Waals surface area contributed by atoms with E-state index >= 15 is 0 Å². The molecule has 1 heterocycles. The Labute approximate surface area is 102 Å². The van der Waals surface area contributed by atoms with Gasteiger partial charge in [0, 0.05) is 18.8 Å². The van der Waals surface area contributed by atoms with Gasteiger partial charge in [0.2, 0.25) is 0 Å². The highest BCUT2D eigenvalue weighted by atomic mass is 15.4. The van der Waals surface area contributed by atoms with Crippen LogP contribution >= 0.6 is 0 Å². The number of nitrogens with zero attached hydrogens (tertiary/aromatic N) is 3. The average Bonchev–Trinajstić information content (AvgIpc) is 2.82. The Hall–Kier alpha value is -1.90. The summed E-state index contributed by atoms with van der Waals surface area (Å²) in [6.07, 6.45) is 8.86. The van der Waals surface area contributed by atoms with Gasteiger partial charge in [-0.3, -0.25) is 0 Å². The zero-order chi connectivity index (χ0) is 11.9. The van der Waals surface area contributed by atoms with Crippen molar-refractivity contribution in [1.82, 2.24) is 9.66 Å². The molecule has 0 spiro atoms. The van der Waals surface area contributed by atoms with Crippen LogP contribution in [0.1, 0.15) is 31.2 Å². The molecule has 3 heteroatoms. The molecule has 0 saturated carbocycles. The SMILES string of the molecule is CCCCc1nccn1/N=C/c1ccccc1. The first-order valence-electron chi connectivity index (χ1n) is 6.02. The maximum absolute atomic E-state index is 4.42. The van der Waals surface area contributed by atoms with Crippen molar-refractivity contribution in [2.75, 3.05) is 0 Å². The molecule has 0 N–H and O–H groups in total. The third-order valence-corrected chi connectivity index (χ3v) is 2.58. The van der Waals surface area contributed by atoms with E-state index in [0.29, 0.717) is 0 Å². The van der Waals surface area contributed by atoms with Crippen molar-refractivity contribution < 1.29 is 0 Å². The van der Waals surface area contributed by atoms with Crippen LogP contribution in [0.5, 0.6) is 0 Å². The smallest absolute Gasteiger partial charge is 0.129 e. The van der Waals surface area contributed by atoms with Crippen LogP contribution in [0.4, 0.5) is 0 Å². The summed E-state index contributed by atoms with van der Waals surface area (Å²) in [5, 5.41) is 4.42. The van der Waals surface area contributed by atoms with Crippen molar-refractivity contribution in [3.63, 3.8) is 0 Å². The Morgan fingerprint density at radius 1 is 1.29 bits per heavy atom. The predicted molar refractivity (Wildman–Crippen MR) is 70.3 cm³/mol. The summed E-state index contributed by atoms with van der Waals surface area (Å²) < 4.78 is 1.85. The molecule has 0 fully saturated rings. The van der Waals surface area contributed by atoms with E-state index in [2.05, 4.69) is 17.0 Å². The molecule has 0 aliphatic heterocycles. The van der Waals surface area contributed by atoms with E-state index in [0.717, 1.165) is 24.2 Å². The molecule has 88 valence electrons. The molecule has 0 radical (unpaired) electrons. The monoisotopic (exact) mass is 227 g/mol. The van der Waals surface area contributed by atoms with Gasteiger partial charge in [-0.2, -0.15) is 5.10 Å². The lowest BCUT2D eigenvalue weighted by Gasteiger charge is -2.00. The summed E-state index contributed by atoms with van der Waals surface area (Å²) in [7, 11) is 0. The zero-order valence-electron chi connectivity index (χ0n) is 10.1. The Morgan fingerprint density at radius 2 is 2.12 bits per heavy atom. The van der Waals surface area contributed by atoms with Crippen molar-refractivity contribution in [2.45, 2.75) is 26.2 Å². The van der Waals surface area contributed by atoms with Crippen LogP contribution in [0.2, 0.25) is 0 Å². The fourth-order valence-corrected chi connectivity index (χ4v) is 1.61. The molecule has 0 saturated heterocycles. The highest BCUT2D eigenvalue weighted by molar-refractivity contribution is 5.79. The molecular weight excluding hydrogens is 210 g/mol. The van der Waals surface area contributed by atoms with E-state index in [4.69, 9.17) is 0 Å². The Bertz CT molecular complexity index is 471. The third-order valence-electron chi connectivity index (χ3n) is 2.58. The number of imidazole rings is 1. The van der Waals surface area contributed by atoms with Crippen LogP contribution in [-0.4, -0.2) is 15.9 Å². The molecule has 3 nitrogen and oxygen atoms in total. The third kappa shape index (κ3) is 3.28. The molecule has 0 aliphatic rings. The van der Waals surface area contributed by atoms with Gasteiger partial charge in [-0.05, 0) is 12.0 Å². The Balaban J connectivity index is 2.08. The van der Waals surface area contributed by atoms with Gasteiger partial charge < -0.3 is 0 Å². The van der Waals surface area contributed by atoms with E-state index in [9.17, 15) is 0 Å². The first kappa shape index (κ1) is 11.6. The normalized spacial score (nSPS) is 11.1. The maximum atomic E-state index is 4.42. The molecule has 0 amide bonds. The van der Waals surface area contributed by atoms with Crippen LogP contribution in [-0.2, 0) is 6.42 Å². The lowest BCUT2D eigenvalue weighted by atomic mass is 10.2. The number of aromatic nitrogens is 2. The quantitative estimate of drug-likeness (QED) is 0.722. The van der Waals surface area contributed by atoms with Crippen LogP contribution in [0.25, 0.3) is 0 Å². The van der Waals surface area contributed by atoms with Gasteiger partial charge >= 0.3 is 0 Å². The van der Waals surface area contributed by atoms with Gasteiger partial charge in [-0.1, -0.05) is 43.7 Å². The van der Waals surface area contributed by atoms with Gasteiger partial charge in [0.25, 0.3) is 0 Å². The van der Waals surface area contributed by atoms with Gasteiger partial charge in [0.15, 0.2) is 0 Å². The molecule has 0 aliphatic carbocycles. The lowest BCUT2D eigenvalue weighted by Crippen LogP contribution is -1.98. The van der Waals surface area contributed by atoms with Gasteiger partial charge in [0.1, 0.15) is 5.82 Å². The Kier molecular flexibility index (Phi) is 4.08. The summed E-state index contributed by atoms with van der Waals surface area (Å²) in [4.78, 5) is 4.32. The molecular formula is C14H17N3. The molecule has 0 bridgehead atoms. The first-order chi connectivity index (χ1) is 8.40. The topological polar surface area (TPSA) is 30.2 Å². The average molecular weight is 227 g/mol. The van der Waals surface area contributed by atoms with Crippen LogP contribution in [0, 0.1) is 0 Å². The molecule has 2 aromatic rings. The maximum Gasteiger partial charge on any atom is 0.129 e. The molecule has 2 rings (SSSR count). The van der Waals surface area contributed by atoms with E-state index in [1.807, 2.05) is 47.4 Å².